The SMILES string of the molecule is Cc1cc([N+](=O)[O-])cnc1NCCNC(=O)CC1CCCC1. The van der Waals surface area contributed by atoms with Crippen molar-refractivity contribution < 1.29 is 9.72 Å². The van der Waals surface area contributed by atoms with Gasteiger partial charge in [-0.15, -0.1) is 0 Å². The summed E-state index contributed by atoms with van der Waals surface area (Å²) in [5.41, 5.74) is 0.694. The summed E-state index contributed by atoms with van der Waals surface area (Å²) in [5.74, 6) is 1.25. The summed E-state index contributed by atoms with van der Waals surface area (Å²) in [5, 5.41) is 16.6. The highest BCUT2D eigenvalue weighted by Crippen LogP contribution is 2.27. The lowest BCUT2D eigenvalue weighted by atomic mass is 10.0. The van der Waals surface area contributed by atoms with E-state index in [1.165, 1.54) is 25.1 Å². The van der Waals surface area contributed by atoms with Crippen molar-refractivity contribution in [1.82, 2.24) is 10.3 Å². The molecule has 0 aromatic carbocycles. The Labute approximate surface area is 129 Å². The van der Waals surface area contributed by atoms with Crippen LogP contribution in [0.5, 0.6) is 0 Å². The van der Waals surface area contributed by atoms with E-state index in [9.17, 15) is 14.9 Å². The molecule has 1 aliphatic rings. The second-order valence-corrected chi connectivity index (χ2v) is 5.75. The number of aromatic nitrogens is 1. The number of nitrogens with zero attached hydrogens (tertiary/aromatic N) is 2. The molecule has 1 heterocycles. The predicted molar refractivity (Wildman–Crippen MR) is 83.7 cm³/mol. The van der Waals surface area contributed by atoms with E-state index in [-0.39, 0.29) is 11.6 Å². The second-order valence-electron chi connectivity index (χ2n) is 5.75. The molecule has 0 atom stereocenters. The Hall–Kier alpha value is -2.18. The van der Waals surface area contributed by atoms with Gasteiger partial charge in [0.25, 0.3) is 5.69 Å². The standard InChI is InChI=1S/C15H22N4O3/c1-11-8-13(19(21)22)10-18-15(11)17-7-6-16-14(20)9-12-4-2-3-5-12/h8,10,12H,2-7,9H2,1H3,(H,16,20)(H,17,18). The monoisotopic (exact) mass is 306 g/mol. The maximum absolute atomic E-state index is 11.8. The number of carbonyl (C=O) groups is 1. The molecular formula is C15H22N4O3. The smallest absolute Gasteiger partial charge is 0.287 e. The van der Waals surface area contributed by atoms with Crippen LogP contribution >= 0.6 is 0 Å². The summed E-state index contributed by atoms with van der Waals surface area (Å²) >= 11 is 0. The van der Waals surface area contributed by atoms with Gasteiger partial charge in [0.05, 0.1) is 4.92 Å². The van der Waals surface area contributed by atoms with Crippen LogP contribution in [0.2, 0.25) is 0 Å². The summed E-state index contributed by atoms with van der Waals surface area (Å²) in [7, 11) is 0. The Morgan fingerprint density at radius 3 is 2.77 bits per heavy atom. The average molecular weight is 306 g/mol. The van der Waals surface area contributed by atoms with E-state index >= 15 is 0 Å². The van der Waals surface area contributed by atoms with Crippen LogP contribution in [0.1, 0.15) is 37.7 Å². The first-order valence-corrected chi connectivity index (χ1v) is 7.68. The normalized spacial score (nSPS) is 14.8. The van der Waals surface area contributed by atoms with Gasteiger partial charge in [0, 0.05) is 25.6 Å². The Balaban J connectivity index is 1.69. The van der Waals surface area contributed by atoms with E-state index in [0.717, 1.165) is 12.8 Å². The molecule has 1 fully saturated rings. The molecule has 0 spiro atoms. The first-order chi connectivity index (χ1) is 10.6. The van der Waals surface area contributed by atoms with Gasteiger partial charge in [-0.05, 0) is 31.2 Å². The molecule has 1 aromatic rings. The molecule has 0 unspecified atom stereocenters. The summed E-state index contributed by atoms with van der Waals surface area (Å²) < 4.78 is 0. The molecule has 0 bridgehead atoms. The summed E-state index contributed by atoms with van der Waals surface area (Å²) in [6.07, 6.45) is 6.66. The molecule has 2 N–H and O–H groups in total. The predicted octanol–water partition coefficient (Wildman–Crippen LogP) is 2.41. The van der Waals surface area contributed by atoms with Crippen LogP contribution in [0.25, 0.3) is 0 Å². The van der Waals surface area contributed by atoms with Gasteiger partial charge in [-0.1, -0.05) is 12.8 Å². The highest BCUT2D eigenvalue weighted by atomic mass is 16.6. The Morgan fingerprint density at radius 2 is 2.14 bits per heavy atom. The second kappa shape index (κ2) is 7.72. The van der Waals surface area contributed by atoms with Crippen LogP contribution in [-0.4, -0.2) is 28.9 Å². The Kier molecular flexibility index (Phi) is 5.68. The number of rotatable bonds is 7. The summed E-state index contributed by atoms with van der Waals surface area (Å²) in [4.78, 5) is 26.0. The van der Waals surface area contributed by atoms with Crippen LogP contribution in [0, 0.1) is 23.0 Å². The number of carbonyl (C=O) groups excluding carboxylic acids is 1. The third-order valence-corrected chi connectivity index (χ3v) is 3.96. The Morgan fingerprint density at radius 1 is 1.41 bits per heavy atom. The maximum Gasteiger partial charge on any atom is 0.287 e. The molecule has 0 radical (unpaired) electrons. The molecule has 1 amide bonds. The molecule has 1 aromatic heterocycles. The third kappa shape index (κ3) is 4.68. The highest BCUT2D eigenvalue weighted by Gasteiger charge is 2.18. The van der Waals surface area contributed by atoms with E-state index in [1.807, 2.05) is 0 Å². The fourth-order valence-electron chi connectivity index (χ4n) is 2.78. The van der Waals surface area contributed by atoms with Gasteiger partial charge in [-0.3, -0.25) is 14.9 Å². The van der Waals surface area contributed by atoms with Gasteiger partial charge in [-0.25, -0.2) is 4.98 Å². The number of amides is 1. The van der Waals surface area contributed by atoms with Crippen LogP contribution < -0.4 is 10.6 Å². The van der Waals surface area contributed by atoms with Crippen LogP contribution in [-0.2, 0) is 4.79 Å². The van der Waals surface area contributed by atoms with Crippen molar-refractivity contribution in [3.8, 4) is 0 Å². The Bertz CT molecular complexity index is 542. The van der Waals surface area contributed by atoms with Crippen molar-refractivity contribution in [2.24, 2.45) is 5.92 Å². The molecule has 7 nitrogen and oxygen atoms in total. The van der Waals surface area contributed by atoms with Crippen LogP contribution in [0.15, 0.2) is 12.3 Å². The fraction of sp³-hybridized carbons (Fsp3) is 0.600. The lowest BCUT2D eigenvalue weighted by molar-refractivity contribution is -0.385. The molecule has 7 heteroatoms. The number of hydrogen-bond donors (Lipinski definition) is 2. The first kappa shape index (κ1) is 16.2. The molecule has 1 aliphatic carbocycles. The number of anilines is 1. The summed E-state index contributed by atoms with van der Waals surface area (Å²) in [6, 6.07) is 1.48. The van der Waals surface area contributed by atoms with Crippen molar-refractivity contribution in [2.45, 2.75) is 39.0 Å². The minimum atomic E-state index is -0.465. The molecule has 1 saturated carbocycles. The minimum absolute atomic E-state index is 0.0204. The van der Waals surface area contributed by atoms with E-state index < -0.39 is 4.92 Å². The summed E-state index contributed by atoms with van der Waals surface area (Å²) in [6.45, 7) is 2.83. The number of nitro groups is 1. The van der Waals surface area contributed by atoms with Crippen molar-refractivity contribution in [3.63, 3.8) is 0 Å². The van der Waals surface area contributed by atoms with Crippen molar-refractivity contribution in [3.05, 3.63) is 27.9 Å². The number of aryl methyl sites for hydroxylation is 1. The molecule has 120 valence electrons. The zero-order chi connectivity index (χ0) is 15.9. The van der Waals surface area contributed by atoms with Crippen molar-refractivity contribution >= 4 is 17.4 Å². The average Bonchev–Trinajstić information content (AvgIpc) is 2.97. The zero-order valence-corrected chi connectivity index (χ0v) is 12.8. The third-order valence-electron chi connectivity index (χ3n) is 3.96. The highest BCUT2D eigenvalue weighted by molar-refractivity contribution is 5.76. The lowest BCUT2D eigenvalue weighted by Crippen LogP contribution is -2.30. The van der Waals surface area contributed by atoms with Gasteiger partial charge >= 0.3 is 0 Å². The topological polar surface area (TPSA) is 97.2 Å². The van der Waals surface area contributed by atoms with Crippen LogP contribution in [0.3, 0.4) is 0 Å². The van der Waals surface area contributed by atoms with Gasteiger partial charge in [-0.2, -0.15) is 0 Å². The molecule has 2 rings (SSSR count). The van der Waals surface area contributed by atoms with E-state index in [1.54, 1.807) is 6.92 Å². The lowest BCUT2D eigenvalue weighted by Gasteiger charge is -2.11. The van der Waals surface area contributed by atoms with E-state index in [4.69, 9.17) is 0 Å². The van der Waals surface area contributed by atoms with Gasteiger partial charge in [0.15, 0.2) is 0 Å². The minimum Gasteiger partial charge on any atom is -0.368 e. The van der Waals surface area contributed by atoms with Crippen LogP contribution in [0.4, 0.5) is 11.5 Å². The zero-order valence-electron chi connectivity index (χ0n) is 12.8. The van der Waals surface area contributed by atoms with Gasteiger partial charge in [0.2, 0.25) is 5.91 Å². The molecule has 0 saturated heterocycles. The number of hydrogen-bond acceptors (Lipinski definition) is 5. The van der Waals surface area contributed by atoms with Gasteiger partial charge in [0.1, 0.15) is 12.0 Å². The number of pyridine rings is 1. The quantitative estimate of drug-likeness (QED) is 0.458. The van der Waals surface area contributed by atoms with E-state index in [2.05, 4.69) is 15.6 Å². The van der Waals surface area contributed by atoms with Gasteiger partial charge < -0.3 is 10.6 Å². The van der Waals surface area contributed by atoms with Crippen molar-refractivity contribution in [2.75, 3.05) is 18.4 Å². The van der Waals surface area contributed by atoms with Crippen molar-refractivity contribution in [1.29, 1.82) is 0 Å². The molecule has 0 aliphatic heterocycles. The fourth-order valence-corrected chi connectivity index (χ4v) is 2.78. The number of nitrogens with one attached hydrogen (secondary N) is 2. The maximum atomic E-state index is 11.8. The van der Waals surface area contributed by atoms with E-state index in [0.29, 0.717) is 36.8 Å². The largest absolute Gasteiger partial charge is 0.368 e. The first-order valence-electron chi connectivity index (χ1n) is 7.68. The molecule has 22 heavy (non-hydrogen) atoms. The molecular weight excluding hydrogens is 284 g/mol.